The second kappa shape index (κ2) is 7.05. The van der Waals surface area contributed by atoms with E-state index in [0.29, 0.717) is 23.5 Å². The predicted octanol–water partition coefficient (Wildman–Crippen LogP) is 3.57. The molecule has 1 amide bonds. The summed E-state index contributed by atoms with van der Waals surface area (Å²) >= 11 is 0. The Balaban J connectivity index is 1.62. The summed E-state index contributed by atoms with van der Waals surface area (Å²) in [5.41, 5.74) is 1.93. The Kier molecular flexibility index (Phi) is 4.83. The fourth-order valence-electron chi connectivity index (χ4n) is 3.17. The zero-order valence-corrected chi connectivity index (χ0v) is 13.9. The molecule has 0 saturated heterocycles. The monoisotopic (exact) mass is 341 g/mol. The Bertz CT molecular complexity index is 791. The number of amides is 1. The number of rotatable bonds is 6. The van der Waals surface area contributed by atoms with Crippen LogP contribution in [-0.2, 0) is 9.59 Å². The molecule has 0 aliphatic heterocycles. The molecule has 0 heterocycles. The van der Waals surface area contributed by atoms with Crippen LogP contribution in [-0.4, -0.2) is 17.0 Å². The van der Waals surface area contributed by atoms with E-state index in [1.54, 1.807) is 6.92 Å². The molecule has 0 aromatic heterocycles. The number of nitrogens with one attached hydrogen (secondary N) is 1. The minimum atomic E-state index is -1.17. The van der Waals surface area contributed by atoms with Gasteiger partial charge in [-0.05, 0) is 47.9 Å². The van der Waals surface area contributed by atoms with E-state index in [-0.39, 0.29) is 11.8 Å². The lowest BCUT2D eigenvalue weighted by atomic mass is 10.0. The molecule has 0 radical (unpaired) electrons. The first kappa shape index (κ1) is 17.1. The molecule has 1 fully saturated rings. The van der Waals surface area contributed by atoms with E-state index in [4.69, 9.17) is 0 Å². The van der Waals surface area contributed by atoms with Crippen molar-refractivity contribution in [2.24, 2.45) is 5.92 Å². The highest BCUT2D eigenvalue weighted by Gasteiger charge is 2.39. The number of hydrogen-bond donors (Lipinski definition) is 2. The van der Waals surface area contributed by atoms with Gasteiger partial charge in [0.2, 0.25) is 5.91 Å². The molecular weight excluding hydrogens is 321 g/mol. The first-order chi connectivity index (χ1) is 12.0. The van der Waals surface area contributed by atoms with Crippen LogP contribution in [0.25, 0.3) is 0 Å². The summed E-state index contributed by atoms with van der Waals surface area (Å²) in [5, 5.41) is 12.0. The van der Waals surface area contributed by atoms with E-state index < -0.39 is 17.8 Å². The number of benzene rings is 2. The van der Waals surface area contributed by atoms with Gasteiger partial charge in [-0.25, -0.2) is 9.18 Å². The summed E-state index contributed by atoms with van der Waals surface area (Å²) in [6.45, 7) is 1.56. The lowest BCUT2D eigenvalue weighted by Crippen LogP contribution is -2.34. The topological polar surface area (TPSA) is 66.4 Å². The maximum Gasteiger partial charge on any atom is 0.330 e. The van der Waals surface area contributed by atoms with Crippen LogP contribution >= 0.6 is 0 Å². The molecule has 4 nitrogen and oxygen atoms in total. The quantitative estimate of drug-likeness (QED) is 0.844. The smallest absolute Gasteiger partial charge is 0.330 e. The van der Waals surface area contributed by atoms with Crippen molar-refractivity contribution in [3.63, 3.8) is 0 Å². The van der Waals surface area contributed by atoms with Gasteiger partial charge in [-0.3, -0.25) is 4.79 Å². The van der Waals surface area contributed by atoms with Crippen molar-refractivity contribution < 1.29 is 19.1 Å². The van der Waals surface area contributed by atoms with Crippen molar-refractivity contribution in [3.05, 3.63) is 71.0 Å². The fraction of sp³-hybridized carbons (Fsp3) is 0.300. The molecule has 1 aliphatic carbocycles. The van der Waals surface area contributed by atoms with Crippen molar-refractivity contribution in [2.45, 2.75) is 31.7 Å². The molecule has 5 heteroatoms. The fourth-order valence-corrected chi connectivity index (χ4v) is 3.17. The molecule has 2 aromatic carbocycles. The van der Waals surface area contributed by atoms with Gasteiger partial charge in [-0.2, -0.15) is 0 Å². The third-order valence-electron chi connectivity index (χ3n) is 4.67. The van der Waals surface area contributed by atoms with Crippen LogP contribution in [0.1, 0.15) is 41.5 Å². The van der Waals surface area contributed by atoms with Crippen LogP contribution in [0.5, 0.6) is 0 Å². The van der Waals surface area contributed by atoms with E-state index in [9.17, 15) is 19.1 Å². The number of hydrogen-bond acceptors (Lipinski definition) is 2. The van der Waals surface area contributed by atoms with Crippen molar-refractivity contribution in [3.8, 4) is 0 Å². The molecule has 2 aromatic rings. The van der Waals surface area contributed by atoms with Gasteiger partial charge < -0.3 is 10.4 Å². The van der Waals surface area contributed by atoms with Gasteiger partial charge >= 0.3 is 5.97 Å². The van der Waals surface area contributed by atoms with Gasteiger partial charge in [0.25, 0.3) is 0 Å². The lowest BCUT2D eigenvalue weighted by molar-refractivity contribution is -0.142. The van der Waals surface area contributed by atoms with E-state index >= 15 is 0 Å². The summed E-state index contributed by atoms with van der Waals surface area (Å²) in [6.07, 6.45) is 1.23. The van der Waals surface area contributed by atoms with Crippen LogP contribution in [0.2, 0.25) is 0 Å². The number of carbonyl (C=O) groups is 2. The van der Waals surface area contributed by atoms with Gasteiger partial charge in [0.15, 0.2) is 6.04 Å². The number of aliphatic carboxylic acids is 1. The van der Waals surface area contributed by atoms with Crippen molar-refractivity contribution in [1.29, 1.82) is 0 Å². The van der Waals surface area contributed by atoms with Crippen LogP contribution < -0.4 is 5.32 Å². The van der Waals surface area contributed by atoms with Gasteiger partial charge in [-0.15, -0.1) is 0 Å². The van der Waals surface area contributed by atoms with E-state index in [0.717, 1.165) is 6.42 Å². The van der Waals surface area contributed by atoms with Crippen molar-refractivity contribution in [1.82, 2.24) is 5.32 Å². The van der Waals surface area contributed by atoms with Gasteiger partial charge in [0.1, 0.15) is 5.82 Å². The second-order valence-electron chi connectivity index (χ2n) is 6.56. The first-order valence-corrected chi connectivity index (χ1v) is 8.29. The Morgan fingerprint density at radius 3 is 2.60 bits per heavy atom. The number of halogens is 1. The van der Waals surface area contributed by atoms with Gasteiger partial charge in [0.05, 0.1) is 0 Å². The highest BCUT2D eigenvalue weighted by atomic mass is 19.1. The normalized spacial score (nSPS) is 19.9. The van der Waals surface area contributed by atoms with Crippen LogP contribution in [0.4, 0.5) is 4.39 Å². The maximum atomic E-state index is 13.4. The molecule has 0 bridgehead atoms. The minimum absolute atomic E-state index is 0.242. The number of carboxylic acid groups (broad SMARTS) is 1. The molecule has 3 rings (SSSR count). The molecule has 130 valence electrons. The summed E-state index contributed by atoms with van der Waals surface area (Å²) in [5.74, 6) is -1.24. The number of carbonyl (C=O) groups excluding carboxylic acids is 1. The highest BCUT2D eigenvalue weighted by Crippen LogP contribution is 2.49. The molecule has 1 unspecified atom stereocenters. The molecule has 0 spiro atoms. The lowest BCUT2D eigenvalue weighted by Gasteiger charge is -2.16. The van der Waals surface area contributed by atoms with Crippen LogP contribution in [0.3, 0.4) is 0 Å². The van der Waals surface area contributed by atoms with E-state index in [1.165, 1.54) is 23.8 Å². The summed E-state index contributed by atoms with van der Waals surface area (Å²) in [6, 6.07) is 12.9. The summed E-state index contributed by atoms with van der Waals surface area (Å²) < 4.78 is 13.4. The van der Waals surface area contributed by atoms with E-state index in [1.807, 2.05) is 30.3 Å². The van der Waals surface area contributed by atoms with Crippen LogP contribution in [0.15, 0.2) is 48.5 Å². The SMILES string of the molecule is Cc1cc(C(NC(=O)C[C@@H]2C[C@H]2c2ccccc2)C(=O)O)ccc1F. The van der Waals surface area contributed by atoms with Crippen molar-refractivity contribution in [2.75, 3.05) is 0 Å². The standard InChI is InChI=1S/C20H20FNO3/c1-12-9-14(7-8-17(12)21)19(20(24)25)22-18(23)11-15-10-16(15)13-5-3-2-4-6-13/h2-9,15-16,19H,10-11H2,1H3,(H,22,23)(H,24,25)/t15-,16-,19?/m0/s1. The van der Waals surface area contributed by atoms with E-state index in [2.05, 4.69) is 5.32 Å². The number of aryl methyl sites for hydroxylation is 1. The first-order valence-electron chi connectivity index (χ1n) is 8.29. The largest absolute Gasteiger partial charge is 0.479 e. The third-order valence-corrected chi connectivity index (χ3v) is 4.67. The Morgan fingerprint density at radius 1 is 1.24 bits per heavy atom. The van der Waals surface area contributed by atoms with Crippen molar-refractivity contribution >= 4 is 11.9 Å². The zero-order chi connectivity index (χ0) is 18.0. The average molecular weight is 341 g/mol. The Hall–Kier alpha value is -2.69. The average Bonchev–Trinajstić information content (AvgIpc) is 3.35. The maximum absolute atomic E-state index is 13.4. The third kappa shape index (κ3) is 4.05. The Labute approximate surface area is 145 Å². The summed E-state index contributed by atoms with van der Waals surface area (Å²) in [4.78, 5) is 23.8. The molecule has 3 atom stereocenters. The highest BCUT2D eigenvalue weighted by molar-refractivity contribution is 5.85. The molecular formula is C20H20FNO3. The predicted molar refractivity (Wildman–Crippen MR) is 91.6 cm³/mol. The molecule has 25 heavy (non-hydrogen) atoms. The summed E-state index contributed by atoms with van der Waals surface area (Å²) in [7, 11) is 0. The molecule has 2 N–H and O–H groups in total. The van der Waals surface area contributed by atoms with Crippen LogP contribution in [0, 0.1) is 18.7 Å². The van der Waals surface area contributed by atoms with Gasteiger partial charge in [-0.1, -0.05) is 42.5 Å². The second-order valence-corrected chi connectivity index (χ2v) is 6.56. The molecule has 1 saturated carbocycles. The Morgan fingerprint density at radius 2 is 1.96 bits per heavy atom. The van der Waals surface area contributed by atoms with Gasteiger partial charge in [0, 0.05) is 6.42 Å². The number of carboxylic acids is 1. The molecule has 1 aliphatic rings. The minimum Gasteiger partial charge on any atom is -0.479 e. The zero-order valence-electron chi connectivity index (χ0n) is 13.9.